The minimum Gasteiger partial charge on any atom is -0.394 e. The van der Waals surface area contributed by atoms with Crippen molar-refractivity contribution < 1.29 is 24.5 Å². The van der Waals surface area contributed by atoms with Gasteiger partial charge in [-0.25, -0.2) is 4.79 Å². The molecular weight excluding hydrogens is 570 g/mol. The van der Waals surface area contributed by atoms with Crippen molar-refractivity contribution in [1.82, 2.24) is 9.55 Å². The lowest BCUT2D eigenvalue weighted by Gasteiger charge is -2.52. The minimum atomic E-state index is -1.84. The van der Waals surface area contributed by atoms with E-state index in [4.69, 9.17) is 9.47 Å². The molecule has 45 heavy (non-hydrogen) atoms. The summed E-state index contributed by atoms with van der Waals surface area (Å²) in [5.74, 6) is -0.388. The number of hydrogen-bond donors (Lipinski definition) is 3. The zero-order valence-corrected chi connectivity index (χ0v) is 24.6. The first-order chi connectivity index (χ1) is 22.0. The molecule has 4 atom stereocenters. The van der Waals surface area contributed by atoms with Crippen molar-refractivity contribution in [2.75, 3.05) is 19.0 Å². The van der Waals surface area contributed by atoms with Crippen LogP contribution in [0.25, 0.3) is 0 Å². The van der Waals surface area contributed by atoms with Crippen molar-refractivity contribution in [1.29, 1.82) is 0 Å². The molecule has 0 radical (unpaired) electrons. The lowest BCUT2D eigenvalue weighted by molar-refractivity contribution is -0.186. The third kappa shape index (κ3) is 4.96. The predicted molar refractivity (Wildman–Crippen MR) is 169 cm³/mol. The van der Waals surface area contributed by atoms with Gasteiger partial charge in [-0.1, -0.05) is 109 Å². The Hall–Kier alpha value is -4.93. The summed E-state index contributed by atoms with van der Waals surface area (Å²) in [5.41, 5.74) is -1.33. The highest BCUT2D eigenvalue weighted by Crippen LogP contribution is 2.57. The van der Waals surface area contributed by atoms with Crippen LogP contribution in [0.1, 0.15) is 27.0 Å². The lowest BCUT2D eigenvalue weighted by atomic mass is 9.60. The van der Waals surface area contributed by atoms with Gasteiger partial charge in [-0.2, -0.15) is 4.98 Å². The Morgan fingerprint density at radius 2 is 1.36 bits per heavy atom. The van der Waals surface area contributed by atoms with Crippen LogP contribution in [0.4, 0.5) is 5.82 Å². The first kappa shape index (κ1) is 30.1. The average molecular weight is 604 g/mol. The van der Waals surface area contributed by atoms with Crippen molar-refractivity contribution in [3.8, 4) is 0 Å². The van der Waals surface area contributed by atoms with E-state index in [1.165, 1.54) is 23.9 Å². The summed E-state index contributed by atoms with van der Waals surface area (Å²) in [7, 11) is 1.43. The van der Waals surface area contributed by atoms with E-state index in [2.05, 4.69) is 10.3 Å². The van der Waals surface area contributed by atoms with Gasteiger partial charge in [0.15, 0.2) is 5.72 Å². The van der Waals surface area contributed by atoms with Crippen molar-refractivity contribution in [3.63, 3.8) is 0 Å². The van der Waals surface area contributed by atoms with Crippen molar-refractivity contribution in [2.24, 2.45) is 0 Å². The smallest absolute Gasteiger partial charge is 0.351 e. The monoisotopic (exact) mass is 603 g/mol. The molecule has 1 aliphatic heterocycles. The van der Waals surface area contributed by atoms with E-state index in [9.17, 15) is 19.8 Å². The maximum Gasteiger partial charge on any atom is 0.351 e. The van der Waals surface area contributed by atoms with E-state index in [0.717, 1.165) is 16.7 Å². The number of aliphatic hydroxyl groups is 2. The SMILES string of the molecule is CO[C@@H]1[C@H](O)[C@@H](CO)O[C@]1(n1ccc(NC(=O)c2ccccc2)nc1=O)C(c1ccccc1)(c1ccccc1)c1ccccc1. The molecule has 1 saturated heterocycles. The van der Waals surface area contributed by atoms with Crippen molar-refractivity contribution in [3.05, 3.63) is 166 Å². The summed E-state index contributed by atoms with van der Waals surface area (Å²) in [6.07, 6.45) is -2.15. The van der Waals surface area contributed by atoms with Gasteiger partial charge in [-0.05, 0) is 34.9 Å². The summed E-state index contributed by atoms with van der Waals surface area (Å²) in [6, 6.07) is 38.7. The second kappa shape index (κ2) is 12.6. The quantitative estimate of drug-likeness (QED) is 0.218. The zero-order valence-electron chi connectivity index (χ0n) is 24.6. The number of carbonyl (C=O) groups excluding carboxylic acids is 1. The number of aromatic nitrogens is 2. The summed E-state index contributed by atoms with van der Waals surface area (Å²) in [4.78, 5) is 31.4. The van der Waals surface area contributed by atoms with Crippen LogP contribution in [-0.2, 0) is 20.6 Å². The number of amides is 1. The van der Waals surface area contributed by atoms with E-state index < -0.39 is 47.7 Å². The lowest BCUT2D eigenvalue weighted by Crippen LogP contribution is -2.64. The molecule has 9 heteroatoms. The van der Waals surface area contributed by atoms with Crippen LogP contribution >= 0.6 is 0 Å². The second-order valence-electron chi connectivity index (χ2n) is 10.8. The Bertz CT molecular complexity index is 1700. The van der Waals surface area contributed by atoms with Gasteiger partial charge in [0.05, 0.1) is 12.0 Å². The topological polar surface area (TPSA) is 123 Å². The highest BCUT2D eigenvalue weighted by Gasteiger charge is 2.69. The normalized spacial score (nSPS) is 21.4. The number of methoxy groups -OCH3 is 1. The molecule has 0 unspecified atom stereocenters. The Labute approximate surface area is 260 Å². The highest BCUT2D eigenvalue weighted by atomic mass is 16.6. The van der Waals surface area contributed by atoms with E-state index in [1.54, 1.807) is 30.3 Å². The van der Waals surface area contributed by atoms with Gasteiger partial charge in [-0.3, -0.25) is 9.36 Å². The molecule has 4 aromatic carbocycles. The van der Waals surface area contributed by atoms with Crippen LogP contribution in [0.2, 0.25) is 0 Å². The molecule has 1 fully saturated rings. The van der Waals surface area contributed by atoms with E-state index in [0.29, 0.717) is 5.56 Å². The van der Waals surface area contributed by atoms with E-state index in [1.807, 2.05) is 91.0 Å². The summed E-state index contributed by atoms with van der Waals surface area (Å²) < 4.78 is 14.2. The molecule has 228 valence electrons. The molecule has 0 aliphatic carbocycles. The van der Waals surface area contributed by atoms with Crippen LogP contribution in [0.5, 0.6) is 0 Å². The molecule has 1 aromatic heterocycles. The van der Waals surface area contributed by atoms with Crippen LogP contribution < -0.4 is 11.0 Å². The van der Waals surface area contributed by atoms with Crippen LogP contribution in [-0.4, -0.2) is 57.7 Å². The first-order valence-electron chi connectivity index (χ1n) is 14.6. The summed E-state index contributed by atoms with van der Waals surface area (Å²) in [5, 5.41) is 24.8. The standard InChI is InChI=1S/C36H33N3O6/c1-44-32-31(41)29(24-40)45-36(32,39-23-22-30(38-34(39)43)37-33(42)25-14-6-2-7-15-25)35(26-16-8-3-9-17-26,27-18-10-4-11-19-27)28-20-12-5-13-21-28/h2-23,29,31-32,40-41H,24H2,1H3,(H,37,38,42,43)/t29-,31-,32-,36+/m1/s1. The van der Waals surface area contributed by atoms with Gasteiger partial charge < -0.3 is 25.0 Å². The van der Waals surface area contributed by atoms with Gasteiger partial charge in [0.1, 0.15) is 24.1 Å². The molecule has 0 spiro atoms. The van der Waals surface area contributed by atoms with Gasteiger partial charge in [0.2, 0.25) is 0 Å². The number of nitrogens with zero attached hydrogens (tertiary/aromatic N) is 2. The van der Waals surface area contributed by atoms with E-state index >= 15 is 0 Å². The molecule has 6 rings (SSSR count). The maximum absolute atomic E-state index is 14.3. The van der Waals surface area contributed by atoms with Gasteiger partial charge in [0.25, 0.3) is 5.91 Å². The highest BCUT2D eigenvalue weighted by molar-refractivity contribution is 6.03. The molecule has 1 amide bonds. The number of rotatable bonds is 9. The van der Waals surface area contributed by atoms with Gasteiger partial charge in [-0.15, -0.1) is 0 Å². The largest absolute Gasteiger partial charge is 0.394 e. The fraction of sp³-hybridized carbons (Fsp3) is 0.194. The average Bonchev–Trinajstić information content (AvgIpc) is 3.38. The summed E-state index contributed by atoms with van der Waals surface area (Å²) >= 11 is 0. The minimum absolute atomic E-state index is 0.0382. The van der Waals surface area contributed by atoms with Crippen LogP contribution in [0.15, 0.2) is 138 Å². The molecular formula is C36H33N3O6. The number of carbonyl (C=O) groups is 1. The van der Waals surface area contributed by atoms with Crippen LogP contribution in [0.3, 0.4) is 0 Å². The number of hydrogen-bond acceptors (Lipinski definition) is 7. The fourth-order valence-corrected chi connectivity index (χ4v) is 6.60. The van der Waals surface area contributed by atoms with Gasteiger partial charge >= 0.3 is 5.69 Å². The molecule has 0 saturated carbocycles. The Balaban J connectivity index is 1.67. The fourth-order valence-electron chi connectivity index (χ4n) is 6.60. The first-order valence-corrected chi connectivity index (χ1v) is 14.6. The Morgan fingerprint density at radius 3 is 1.80 bits per heavy atom. The van der Waals surface area contributed by atoms with Gasteiger partial charge in [0, 0.05) is 18.9 Å². The number of nitrogens with one attached hydrogen (secondary N) is 1. The second-order valence-corrected chi connectivity index (χ2v) is 10.8. The zero-order chi connectivity index (χ0) is 31.4. The van der Waals surface area contributed by atoms with E-state index in [-0.39, 0.29) is 5.82 Å². The third-order valence-corrected chi connectivity index (χ3v) is 8.44. The molecule has 9 nitrogen and oxygen atoms in total. The molecule has 5 aromatic rings. The molecule has 2 heterocycles. The summed E-state index contributed by atoms with van der Waals surface area (Å²) in [6.45, 7) is -0.537. The Kier molecular flexibility index (Phi) is 8.42. The number of aliphatic hydroxyl groups excluding tert-OH is 2. The molecule has 1 aliphatic rings. The maximum atomic E-state index is 14.3. The third-order valence-electron chi connectivity index (χ3n) is 8.44. The van der Waals surface area contributed by atoms with Crippen LogP contribution in [0, 0.1) is 0 Å². The molecule has 3 N–H and O–H groups in total. The van der Waals surface area contributed by atoms with Crippen molar-refractivity contribution >= 4 is 11.7 Å². The number of benzene rings is 4. The molecule has 0 bridgehead atoms. The predicted octanol–water partition coefficient (Wildman–Crippen LogP) is 3.95. The number of anilines is 1. The number of ether oxygens (including phenoxy) is 2. The van der Waals surface area contributed by atoms with Crippen molar-refractivity contribution in [2.45, 2.75) is 29.5 Å². The Morgan fingerprint density at radius 1 is 0.867 bits per heavy atom.